The van der Waals surface area contributed by atoms with Crippen molar-refractivity contribution in [2.75, 3.05) is 20.8 Å². The Hall–Kier alpha value is -2.15. The highest BCUT2D eigenvalue weighted by atomic mass is 32.2. The summed E-state index contributed by atoms with van der Waals surface area (Å²) in [5, 5.41) is 4.35. The molecule has 0 amide bonds. The second kappa shape index (κ2) is 8.98. The van der Waals surface area contributed by atoms with E-state index in [1.54, 1.807) is 39.0 Å². The molecule has 0 radical (unpaired) electrons. The van der Waals surface area contributed by atoms with Gasteiger partial charge in [-0.2, -0.15) is 0 Å². The number of benzene rings is 1. The smallest absolute Gasteiger partial charge is 0.338 e. The van der Waals surface area contributed by atoms with E-state index in [1.165, 1.54) is 0 Å². The number of aliphatic imine (C=N–C) groups is 1. The lowest BCUT2D eigenvalue weighted by molar-refractivity contribution is -0.138. The van der Waals surface area contributed by atoms with Crippen LogP contribution in [0.5, 0.6) is 11.5 Å². The minimum atomic E-state index is -0.502. The van der Waals surface area contributed by atoms with Crippen molar-refractivity contribution in [3.05, 3.63) is 35.0 Å². The molecule has 0 aromatic heterocycles. The van der Waals surface area contributed by atoms with E-state index in [0.29, 0.717) is 28.9 Å². The largest absolute Gasteiger partial charge is 0.497 e. The lowest BCUT2D eigenvalue weighted by Gasteiger charge is -2.27. The van der Waals surface area contributed by atoms with Crippen LogP contribution in [-0.4, -0.2) is 37.2 Å². The van der Waals surface area contributed by atoms with Gasteiger partial charge in [0.25, 0.3) is 0 Å². The number of esters is 1. The van der Waals surface area contributed by atoms with Crippen LogP contribution in [0.3, 0.4) is 0 Å². The maximum Gasteiger partial charge on any atom is 0.338 e. The van der Waals surface area contributed by atoms with Gasteiger partial charge in [-0.1, -0.05) is 25.6 Å². The fourth-order valence-electron chi connectivity index (χ4n) is 2.67. The van der Waals surface area contributed by atoms with Gasteiger partial charge in [0.15, 0.2) is 5.17 Å². The molecule has 1 aromatic rings. The number of nitrogens with zero attached hydrogens (tertiary/aromatic N) is 1. The highest BCUT2D eigenvalue weighted by Crippen LogP contribution is 2.39. The molecule has 1 atom stereocenters. The summed E-state index contributed by atoms with van der Waals surface area (Å²) in [5.41, 5.74) is 2.02. The van der Waals surface area contributed by atoms with Gasteiger partial charge in [0.05, 0.1) is 26.4 Å². The molecule has 1 aliphatic heterocycles. The zero-order chi connectivity index (χ0) is 19.3. The van der Waals surface area contributed by atoms with Crippen molar-refractivity contribution < 1.29 is 19.0 Å². The number of nitrogens with one attached hydrogen (secondary N) is 1. The Morgan fingerprint density at radius 3 is 2.62 bits per heavy atom. The molecule has 0 saturated carbocycles. The minimum Gasteiger partial charge on any atom is -0.497 e. The van der Waals surface area contributed by atoms with Gasteiger partial charge < -0.3 is 19.5 Å². The van der Waals surface area contributed by atoms with Gasteiger partial charge in [-0.25, -0.2) is 9.79 Å². The molecule has 1 N–H and O–H groups in total. The van der Waals surface area contributed by atoms with Crippen molar-refractivity contribution in [3.8, 4) is 11.5 Å². The first kappa shape index (κ1) is 20.2. The summed E-state index contributed by atoms with van der Waals surface area (Å²) in [6.07, 6.45) is 0. The number of hydrogen-bond acceptors (Lipinski definition) is 7. The van der Waals surface area contributed by atoms with Crippen LogP contribution in [0, 0.1) is 0 Å². The number of rotatable bonds is 6. The summed E-state index contributed by atoms with van der Waals surface area (Å²) in [4.78, 5) is 17.4. The number of carbonyl (C=O) groups is 1. The van der Waals surface area contributed by atoms with Crippen molar-refractivity contribution in [2.24, 2.45) is 4.99 Å². The summed E-state index contributed by atoms with van der Waals surface area (Å²) >= 11 is 1.61. The van der Waals surface area contributed by atoms with Gasteiger partial charge >= 0.3 is 5.97 Å². The van der Waals surface area contributed by atoms with E-state index in [1.807, 2.05) is 19.1 Å². The van der Waals surface area contributed by atoms with Crippen molar-refractivity contribution in [3.63, 3.8) is 0 Å². The van der Waals surface area contributed by atoms with Crippen LogP contribution in [0.2, 0.25) is 0 Å². The fourth-order valence-corrected chi connectivity index (χ4v) is 3.50. The summed E-state index contributed by atoms with van der Waals surface area (Å²) in [7, 11) is 3.19. The van der Waals surface area contributed by atoms with E-state index in [9.17, 15) is 4.79 Å². The molecule has 7 heteroatoms. The number of methoxy groups -OCH3 is 2. The molecule has 0 bridgehead atoms. The summed E-state index contributed by atoms with van der Waals surface area (Å²) in [6.45, 7) is 8.15. The van der Waals surface area contributed by atoms with Gasteiger partial charge in [-0.05, 0) is 26.0 Å². The molecule has 0 spiro atoms. The minimum absolute atomic E-state index is 0.305. The molecular weight excluding hydrogens is 352 g/mol. The number of allylic oxidation sites excluding steroid dienone is 1. The van der Waals surface area contributed by atoms with Gasteiger partial charge in [-0.3, -0.25) is 0 Å². The van der Waals surface area contributed by atoms with Gasteiger partial charge in [0, 0.05) is 22.6 Å². The number of amidine groups is 1. The van der Waals surface area contributed by atoms with Crippen LogP contribution in [0.1, 0.15) is 39.3 Å². The Morgan fingerprint density at radius 1 is 1.31 bits per heavy atom. The highest BCUT2D eigenvalue weighted by molar-refractivity contribution is 8.14. The standard InChI is InChI=1S/C19H26N2O4S/c1-7-25-18(22)16-12(4)20-19(26-11(2)3)21-17(16)14-9-8-13(23-5)10-15(14)24-6/h8-11,17H,7H2,1-6H3,(H,20,21). The summed E-state index contributed by atoms with van der Waals surface area (Å²) < 4.78 is 16.1. The van der Waals surface area contributed by atoms with Crippen LogP contribution in [0.15, 0.2) is 34.5 Å². The third-order valence-electron chi connectivity index (χ3n) is 3.80. The number of hydrogen-bond donors (Lipinski definition) is 1. The zero-order valence-electron chi connectivity index (χ0n) is 16.1. The Kier molecular flexibility index (Phi) is 6.97. The SMILES string of the molecule is CCOC(=O)C1=C(C)NC(SC(C)C)=NC1c1ccc(OC)cc1OC. The molecule has 26 heavy (non-hydrogen) atoms. The molecule has 142 valence electrons. The molecule has 0 fully saturated rings. The quantitative estimate of drug-likeness (QED) is 0.762. The lowest BCUT2D eigenvalue weighted by Crippen LogP contribution is -2.31. The van der Waals surface area contributed by atoms with Gasteiger partial charge in [-0.15, -0.1) is 0 Å². The molecular formula is C19H26N2O4S. The molecule has 6 nitrogen and oxygen atoms in total. The van der Waals surface area contributed by atoms with Crippen LogP contribution < -0.4 is 14.8 Å². The molecule has 1 aliphatic rings. The molecule has 2 rings (SSSR count). The van der Waals surface area contributed by atoms with Gasteiger partial charge in [0.1, 0.15) is 17.5 Å². The van der Waals surface area contributed by atoms with E-state index < -0.39 is 6.04 Å². The third kappa shape index (κ3) is 4.52. The topological polar surface area (TPSA) is 69.2 Å². The predicted molar refractivity (Wildman–Crippen MR) is 105 cm³/mol. The van der Waals surface area contributed by atoms with E-state index in [2.05, 4.69) is 19.2 Å². The Morgan fingerprint density at radius 2 is 2.04 bits per heavy atom. The van der Waals surface area contributed by atoms with Crippen molar-refractivity contribution in [1.29, 1.82) is 0 Å². The van der Waals surface area contributed by atoms with Crippen LogP contribution >= 0.6 is 11.8 Å². The first-order valence-electron chi connectivity index (χ1n) is 8.52. The van der Waals surface area contributed by atoms with Crippen LogP contribution in [0.25, 0.3) is 0 Å². The second-order valence-electron chi connectivity index (χ2n) is 6.00. The van der Waals surface area contributed by atoms with Gasteiger partial charge in [0.2, 0.25) is 0 Å². The first-order chi connectivity index (χ1) is 12.4. The van der Waals surface area contributed by atoms with E-state index in [-0.39, 0.29) is 5.97 Å². The fraction of sp³-hybridized carbons (Fsp3) is 0.474. The average Bonchev–Trinajstić information content (AvgIpc) is 2.60. The van der Waals surface area contributed by atoms with E-state index in [0.717, 1.165) is 16.4 Å². The average molecular weight is 378 g/mol. The number of ether oxygens (including phenoxy) is 3. The zero-order valence-corrected chi connectivity index (χ0v) is 16.9. The highest BCUT2D eigenvalue weighted by Gasteiger charge is 2.32. The molecule has 0 aliphatic carbocycles. The van der Waals surface area contributed by atoms with E-state index >= 15 is 0 Å². The van der Waals surface area contributed by atoms with Crippen molar-refractivity contribution in [2.45, 2.75) is 39.0 Å². The van der Waals surface area contributed by atoms with Crippen molar-refractivity contribution in [1.82, 2.24) is 5.32 Å². The van der Waals surface area contributed by atoms with E-state index in [4.69, 9.17) is 19.2 Å². The third-order valence-corrected chi connectivity index (χ3v) is 4.70. The van der Waals surface area contributed by atoms with Crippen LogP contribution in [-0.2, 0) is 9.53 Å². The Labute approximate surface area is 159 Å². The molecule has 1 unspecified atom stereocenters. The maximum absolute atomic E-state index is 12.6. The Bertz CT molecular complexity index is 728. The summed E-state index contributed by atoms with van der Waals surface area (Å²) in [5.74, 6) is 0.917. The van der Waals surface area contributed by atoms with Crippen molar-refractivity contribution >= 4 is 22.9 Å². The number of carbonyl (C=O) groups excluding carboxylic acids is 1. The predicted octanol–water partition coefficient (Wildman–Crippen LogP) is 3.68. The first-order valence-corrected chi connectivity index (χ1v) is 9.40. The second-order valence-corrected chi connectivity index (χ2v) is 7.56. The lowest BCUT2D eigenvalue weighted by atomic mass is 9.95. The monoisotopic (exact) mass is 378 g/mol. The number of thioether (sulfide) groups is 1. The maximum atomic E-state index is 12.6. The Balaban J connectivity index is 2.55. The van der Waals surface area contributed by atoms with Crippen LogP contribution in [0.4, 0.5) is 0 Å². The molecule has 0 saturated heterocycles. The molecule has 1 aromatic carbocycles. The molecule has 1 heterocycles. The normalized spacial score (nSPS) is 16.9. The summed E-state index contributed by atoms with van der Waals surface area (Å²) in [6, 6.07) is 5.00.